The summed E-state index contributed by atoms with van der Waals surface area (Å²) >= 11 is 0. The molecule has 0 aromatic heterocycles. The van der Waals surface area contributed by atoms with E-state index >= 15 is 0 Å². The SMILES string of the molecule is CCC(O)CN1N=C(c2ccccc2)CC1=O. The monoisotopic (exact) mass is 232 g/mol. The Kier molecular flexibility index (Phi) is 3.54. The van der Waals surface area contributed by atoms with Gasteiger partial charge in [0.25, 0.3) is 0 Å². The topological polar surface area (TPSA) is 52.9 Å². The minimum atomic E-state index is -0.502. The molecular weight excluding hydrogens is 216 g/mol. The first-order valence-electron chi connectivity index (χ1n) is 5.82. The molecule has 1 aliphatic heterocycles. The molecule has 0 saturated heterocycles. The van der Waals surface area contributed by atoms with Crippen molar-refractivity contribution in [1.29, 1.82) is 0 Å². The fourth-order valence-corrected chi connectivity index (χ4v) is 1.73. The zero-order chi connectivity index (χ0) is 12.3. The number of aliphatic hydroxyl groups is 1. The van der Waals surface area contributed by atoms with E-state index in [-0.39, 0.29) is 12.5 Å². The first kappa shape index (κ1) is 11.8. The molecule has 1 atom stereocenters. The van der Waals surface area contributed by atoms with Crippen molar-refractivity contribution in [3.63, 3.8) is 0 Å². The first-order valence-corrected chi connectivity index (χ1v) is 5.82. The van der Waals surface area contributed by atoms with Crippen molar-refractivity contribution in [1.82, 2.24) is 5.01 Å². The number of benzene rings is 1. The number of hydrogen-bond donors (Lipinski definition) is 1. The maximum Gasteiger partial charge on any atom is 0.248 e. The molecule has 17 heavy (non-hydrogen) atoms. The fourth-order valence-electron chi connectivity index (χ4n) is 1.73. The highest BCUT2D eigenvalue weighted by molar-refractivity contribution is 6.13. The van der Waals surface area contributed by atoms with E-state index in [1.165, 1.54) is 5.01 Å². The van der Waals surface area contributed by atoms with Crippen LogP contribution in [0.15, 0.2) is 35.4 Å². The minimum Gasteiger partial charge on any atom is -0.391 e. The van der Waals surface area contributed by atoms with Gasteiger partial charge >= 0.3 is 0 Å². The third kappa shape index (κ3) is 2.71. The van der Waals surface area contributed by atoms with Gasteiger partial charge in [-0.15, -0.1) is 0 Å². The van der Waals surface area contributed by atoms with Gasteiger partial charge in [-0.1, -0.05) is 37.3 Å². The van der Waals surface area contributed by atoms with Crippen LogP contribution in [0.4, 0.5) is 0 Å². The van der Waals surface area contributed by atoms with Gasteiger partial charge < -0.3 is 5.11 Å². The zero-order valence-corrected chi connectivity index (χ0v) is 9.84. The van der Waals surface area contributed by atoms with Crippen LogP contribution in [-0.4, -0.2) is 34.4 Å². The van der Waals surface area contributed by atoms with Crippen molar-refractivity contribution in [3.05, 3.63) is 35.9 Å². The summed E-state index contributed by atoms with van der Waals surface area (Å²) in [6, 6.07) is 9.65. The molecule has 0 aliphatic carbocycles. The van der Waals surface area contributed by atoms with Crippen LogP contribution in [0.1, 0.15) is 25.3 Å². The predicted octanol–water partition coefficient (Wildman–Crippen LogP) is 1.39. The van der Waals surface area contributed by atoms with Gasteiger partial charge in [-0.25, -0.2) is 5.01 Å². The second kappa shape index (κ2) is 5.10. The Hall–Kier alpha value is -1.68. The Labute approximate surface area is 101 Å². The fraction of sp³-hybridized carbons (Fsp3) is 0.385. The van der Waals surface area contributed by atoms with Gasteiger partial charge in [-0.3, -0.25) is 4.79 Å². The normalized spacial score (nSPS) is 17.2. The van der Waals surface area contributed by atoms with Crippen molar-refractivity contribution >= 4 is 11.6 Å². The summed E-state index contributed by atoms with van der Waals surface area (Å²) in [6.45, 7) is 2.17. The molecule has 1 unspecified atom stereocenters. The number of amides is 1. The Balaban J connectivity index is 2.12. The second-order valence-electron chi connectivity index (χ2n) is 4.13. The number of nitrogens with zero attached hydrogens (tertiary/aromatic N) is 2. The summed E-state index contributed by atoms with van der Waals surface area (Å²) < 4.78 is 0. The van der Waals surface area contributed by atoms with Crippen LogP contribution in [0.2, 0.25) is 0 Å². The van der Waals surface area contributed by atoms with Gasteiger partial charge in [0.05, 0.1) is 24.8 Å². The molecule has 90 valence electrons. The molecule has 0 bridgehead atoms. The Morgan fingerprint density at radius 1 is 1.41 bits per heavy atom. The summed E-state index contributed by atoms with van der Waals surface area (Å²) in [5.41, 5.74) is 1.74. The molecule has 2 rings (SSSR count). The highest BCUT2D eigenvalue weighted by atomic mass is 16.3. The van der Waals surface area contributed by atoms with Gasteiger partial charge in [0, 0.05) is 0 Å². The molecule has 0 fully saturated rings. The third-order valence-corrected chi connectivity index (χ3v) is 2.81. The first-order chi connectivity index (χ1) is 8.20. The van der Waals surface area contributed by atoms with Crippen LogP contribution in [-0.2, 0) is 4.79 Å². The highest BCUT2D eigenvalue weighted by Gasteiger charge is 2.25. The van der Waals surface area contributed by atoms with Gasteiger partial charge in [0.15, 0.2) is 0 Å². The molecular formula is C13H16N2O2. The molecule has 1 aliphatic rings. The largest absolute Gasteiger partial charge is 0.391 e. The molecule has 0 saturated carbocycles. The highest BCUT2D eigenvalue weighted by Crippen LogP contribution is 2.15. The Bertz CT molecular complexity index is 428. The van der Waals surface area contributed by atoms with E-state index < -0.39 is 6.10 Å². The molecule has 1 aromatic carbocycles. The van der Waals surface area contributed by atoms with Crippen molar-refractivity contribution in [2.24, 2.45) is 5.10 Å². The van der Waals surface area contributed by atoms with Crippen molar-refractivity contribution in [2.45, 2.75) is 25.9 Å². The maximum atomic E-state index is 11.7. The van der Waals surface area contributed by atoms with Crippen LogP contribution in [0.3, 0.4) is 0 Å². The van der Waals surface area contributed by atoms with Crippen LogP contribution in [0.25, 0.3) is 0 Å². The van der Waals surface area contributed by atoms with Crippen LogP contribution in [0.5, 0.6) is 0 Å². The van der Waals surface area contributed by atoms with E-state index in [1.807, 2.05) is 37.3 Å². The maximum absolute atomic E-state index is 11.7. The minimum absolute atomic E-state index is 0.0450. The summed E-state index contributed by atoms with van der Waals surface area (Å²) in [5, 5.41) is 15.2. The van der Waals surface area contributed by atoms with Crippen LogP contribution < -0.4 is 0 Å². The molecule has 1 aromatic rings. The predicted molar refractivity (Wildman–Crippen MR) is 65.6 cm³/mol. The molecule has 0 radical (unpaired) electrons. The number of hydrogen-bond acceptors (Lipinski definition) is 3. The summed E-state index contributed by atoms with van der Waals surface area (Å²) in [6.07, 6.45) is 0.443. The second-order valence-corrected chi connectivity index (χ2v) is 4.13. The lowest BCUT2D eigenvalue weighted by molar-refractivity contribution is -0.130. The smallest absolute Gasteiger partial charge is 0.248 e. The summed E-state index contributed by atoms with van der Waals surface area (Å²) in [4.78, 5) is 11.7. The van der Waals surface area contributed by atoms with Crippen molar-refractivity contribution in [3.8, 4) is 0 Å². The van der Waals surface area contributed by atoms with Gasteiger partial charge in [0.2, 0.25) is 5.91 Å². The number of β-amino-alcohol motifs (C(OH)–C–C–N with tert-alkyl or cyclic N) is 1. The zero-order valence-electron chi connectivity index (χ0n) is 9.84. The van der Waals surface area contributed by atoms with E-state index in [1.54, 1.807) is 0 Å². The van der Waals surface area contributed by atoms with Gasteiger partial charge in [-0.2, -0.15) is 5.10 Å². The average Bonchev–Trinajstić information content (AvgIpc) is 2.72. The molecule has 1 N–H and O–H groups in total. The molecule has 0 spiro atoms. The number of aliphatic hydroxyl groups excluding tert-OH is 1. The van der Waals surface area contributed by atoms with Crippen molar-refractivity contribution < 1.29 is 9.90 Å². The molecule has 1 heterocycles. The van der Waals surface area contributed by atoms with E-state index in [2.05, 4.69) is 5.10 Å². The average molecular weight is 232 g/mol. The Morgan fingerprint density at radius 2 is 2.12 bits per heavy atom. The van der Waals surface area contributed by atoms with Crippen LogP contribution >= 0.6 is 0 Å². The lowest BCUT2D eigenvalue weighted by Crippen LogP contribution is -2.29. The number of hydrazone groups is 1. The number of carbonyl (C=O) groups is 1. The number of rotatable bonds is 4. The summed E-state index contributed by atoms with van der Waals surface area (Å²) in [7, 11) is 0. The number of carbonyl (C=O) groups excluding carboxylic acids is 1. The van der Waals surface area contributed by atoms with Crippen molar-refractivity contribution in [2.75, 3.05) is 6.54 Å². The quantitative estimate of drug-likeness (QED) is 0.853. The third-order valence-electron chi connectivity index (χ3n) is 2.81. The molecule has 4 heteroatoms. The van der Waals surface area contributed by atoms with Gasteiger partial charge in [0.1, 0.15) is 0 Å². The van der Waals surface area contributed by atoms with E-state index in [9.17, 15) is 9.90 Å². The van der Waals surface area contributed by atoms with Crippen LogP contribution in [0, 0.1) is 0 Å². The summed E-state index contributed by atoms with van der Waals surface area (Å²) in [5.74, 6) is -0.0450. The lowest BCUT2D eigenvalue weighted by Gasteiger charge is -2.14. The van der Waals surface area contributed by atoms with Gasteiger partial charge in [-0.05, 0) is 12.0 Å². The molecule has 4 nitrogen and oxygen atoms in total. The molecule has 1 amide bonds. The van der Waals surface area contributed by atoms with E-state index in [0.29, 0.717) is 12.8 Å². The lowest BCUT2D eigenvalue weighted by atomic mass is 10.1. The standard InChI is InChI=1S/C13H16N2O2/c1-2-11(16)9-15-13(17)8-12(14-15)10-6-4-3-5-7-10/h3-7,11,16H,2,8-9H2,1H3. The van der Waals surface area contributed by atoms with E-state index in [4.69, 9.17) is 0 Å². The Morgan fingerprint density at radius 3 is 2.76 bits per heavy atom. The van der Waals surface area contributed by atoms with E-state index in [0.717, 1.165) is 11.3 Å².